The molecule has 0 unspecified atom stereocenters. The van der Waals surface area contributed by atoms with Gasteiger partial charge in [-0.05, 0) is 271 Å². The lowest BCUT2D eigenvalue weighted by Gasteiger charge is -2.21. The smallest absolute Gasteiger partial charge is 0.280 e. The molecule has 0 fully saturated rings. The van der Waals surface area contributed by atoms with Crippen LogP contribution < -0.4 is 17.7 Å². The molecule has 0 aromatic carbocycles. The highest BCUT2D eigenvalue weighted by Gasteiger charge is 2.26. The number of aryl methyl sites for hydroxylation is 5. The van der Waals surface area contributed by atoms with Gasteiger partial charge in [0.1, 0.15) is 28.5 Å². The molecule has 0 amide bonds. The molecule has 0 saturated carbocycles. The second-order valence-electron chi connectivity index (χ2n) is 21.8. The van der Waals surface area contributed by atoms with Crippen LogP contribution in [-0.4, -0.2) is 74.0 Å². The van der Waals surface area contributed by atoms with Crippen LogP contribution >= 0.6 is 24.0 Å². The standard InChI is InChI=1S/C25H32N4O2.C13H19N3O2.2C12H15NO.CH6N2O2.4CH4.HI/c1-14-16(3)20-9-7-11-22(24(20)26-18(14)5)28-30-13-31-29-23-12-8-10-21-17(4)15(2)19(6)27-25(21)23;1-8-9(2)11-5-4-6-12(16-18-7-17-14)13(11)15-10(8)3;2*1-7-8(2)10-5-4-6-11(14)12(10)13-9(7)3;2-4-1-5-3;;;;;/h7-13H2,1-6H3;4-7,14H2,1-3H3;2*4-6H2,1-3H3;1-3H2;4*1H4;1H/b28-22+,29-23+;16-12+;;;;;;;;. The zero-order valence-electron chi connectivity index (χ0n) is 51.7. The van der Waals surface area contributed by atoms with E-state index < -0.39 is 0 Å². The fourth-order valence-electron chi connectivity index (χ4n) is 11.1. The minimum atomic E-state index is -0.0556. The number of nitrogens with two attached hydrogens (primary N) is 3. The molecule has 5 aliphatic carbocycles. The van der Waals surface area contributed by atoms with Gasteiger partial charge in [0.15, 0.2) is 18.4 Å². The van der Waals surface area contributed by atoms with Crippen LogP contribution in [0.2, 0.25) is 0 Å². The first-order chi connectivity index (χ1) is 39.2. The number of rotatable bonds is 9. The van der Waals surface area contributed by atoms with E-state index >= 15 is 0 Å². The van der Waals surface area contributed by atoms with Crippen LogP contribution in [0.5, 0.6) is 0 Å². The third-order valence-electron chi connectivity index (χ3n) is 17.0. The van der Waals surface area contributed by atoms with Crippen LogP contribution in [0.15, 0.2) is 15.5 Å². The van der Waals surface area contributed by atoms with Crippen molar-refractivity contribution in [2.24, 2.45) is 33.2 Å². The number of aromatic nitrogens is 5. The monoisotopic (exact) mass is 1320 g/mol. The van der Waals surface area contributed by atoms with Crippen LogP contribution in [-0.2, 0) is 61.1 Å². The molecule has 87 heavy (non-hydrogen) atoms. The van der Waals surface area contributed by atoms with Gasteiger partial charge in [0.2, 0.25) is 6.79 Å². The van der Waals surface area contributed by atoms with E-state index in [1.807, 2.05) is 20.8 Å². The molecule has 482 valence electrons. The summed E-state index contributed by atoms with van der Waals surface area (Å²) in [5.41, 5.74) is 31.2. The predicted octanol–water partition coefficient (Wildman–Crippen LogP) is 13.9. The summed E-state index contributed by atoms with van der Waals surface area (Å²) in [5, 5.41) is 12.8. The van der Waals surface area contributed by atoms with Crippen molar-refractivity contribution in [2.75, 3.05) is 20.4 Å². The normalized spacial score (nSPS) is 15.4. The maximum Gasteiger partial charge on any atom is 0.280 e. The van der Waals surface area contributed by atoms with Gasteiger partial charge >= 0.3 is 0 Å². The molecule has 5 heterocycles. The highest BCUT2D eigenvalue weighted by Crippen LogP contribution is 2.31. The summed E-state index contributed by atoms with van der Waals surface area (Å²) >= 11 is 0. The maximum atomic E-state index is 11.6. The Bertz CT molecular complexity index is 3100. The molecule has 10 rings (SSSR count). The molecular formula is C67H104IN11O8. The van der Waals surface area contributed by atoms with Crippen molar-refractivity contribution in [2.45, 2.75) is 230 Å². The van der Waals surface area contributed by atoms with Crippen LogP contribution in [0.4, 0.5) is 0 Å². The number of hydrogen-bond acceptors (Lipinski definition) is 19. The SMILES string of the molecule is C.C.C.C.Cc1nc2c(c(C)c1C)CCC/C2=N\OCO/N=C1\CCCc2c1nc(C)c(C)c2C.Cc1nc2c(c(C)c1C)CCC/C2=N\OCON.Cc1nc2c(c(C)c1C)CCCC2=O.Cc1nc2c(c(C)c1C)CCCC2=O.I.NOCON. The molecule has 0 atom stereocenters. The van der Waals surface area contributed by atoms with E-state index in [1.54, 1.807) is 0 Å². The van der Waals surface area contributed by atoms with Crippen molar-refractivity contribution in [3.63, 3.8) is 0 Å². The predicted molar refractivity (Wildman–Crippen MR) is 361 cm³/mol. The summed E-state index contributed by atoms with van der Waals surface area (Å²) in [5.74, 6) is 14.2. The van der Waals surface area contributed by atoms with E-state index in [0.29, 0.717) is 12.8 Å². The van der Waals surface area contributed by atoms with E-state index in [0.717, 1.165) is 158 Å². The summed E-state index contributed by atoms with van der Waals surface area (Å²) in [6, 6.07) is 0. The van der Waals surface area contributed by atoms with Crippen LogP contribution in [0, 0.1) is 104 Å². The topological polar surface area (TPSA) is 269 Å². The molecule has 19 nitrogen and oxygen atoms in total. The average Bonchev–Trinajstić information content (AvgIpc) is 1.53. The minimum absolute atomic E-state index is 0. The Morgan fingerprint density at radius 1 is 0.310 bits per heavy atom. The number of fused-ring (bicyclic) bond motifs is 5. The average molecular weight is 1320 g/mol. The van der Waals surface area contributed by atoms with Crippen molar-refractivity contribution >= 4 is 52.7 Å². The van der Waals surface area contributed by atoms with Gasteiger partial charge in [-0.25, -0.2) is 27.7 Å². The number of Topliss-reactive ketones (excluding diaryl/α,β-unsaturated/α-hetero) is 2. The number of pyridine rings is 5. The number of halogens is 1. The summed E-state index contributed by atoms with van der Waals surface area (Å²) in [4.78, 5) is 74.3. The quantitative estimate of drug-likeness (QED) is 0.0536. The van der Waals surface area contributed by atoms with Crippen molar-refractivity contribution < 1.29 is 38.6 Å². The Hall–Kier alpha value is -6.01. The Morgan fingerprint density at radius 3 is 0.770 bits per heavy atom. The van der Waals surface area contributed by atoms with Gasteiger partial charge in [0.25, 0.3) is 6.79 Å². The molecule has 0 radical (unpaired) electrons. The van der Waals surface area contributed by atoms with Gasteiger partial charge in [-0.15, -0.1) is 24.0 Å². The van der Waals surface area contributed by atoms with E-state index in [2.05, 4.69) is 140 Å². The van der Waals surface area contributed by atoms with Gasteiger partial charge < -0.3 is 14.5 Å². The minimum Gasteiger partial charge on any atom is -0.365 e. The fraction of sp³-hybridized carbons (Fsp3) is 0.552. The van der Waals surface area contributed by atoms with Crippen molar-refractivity contribution in [1.29, 1.82) is 0 Å². The highest BCUT2D eigenvalue weighted by molar-refractivity contribution is 14.0. The van der Waals surface area contributed by atoms with Gasteiger partial charge in [-0.2, -0.15) is 0 Å². The summed E-state index contributed by atoms with van der Waals surface area (Å²) in [6.07, 6.45) is 14.3. The largest absolute Gasteiger partial charge is 0.365 e. The molecule has 5 aromatic rings. The van der Waals surface area contributed by atoms with Crippen molar-refractivity contribution in [3.8, 4) is 0 Å². The Labute approximate surface area is 537 Å². The van der Waals surface area contributed by atoms with E-state index in [-0.39, 0.29) is 85.6 Å². The number of nitrogens with zero attached hydrogens (tertiary/aromatic N) is 8. The lowest BCUT2D eigenvalue weighted by molar-refractivity contribution is -0.0570. The molecule has 5 aliphatic rings. The Morgan fingerprint density at radius 2 is 0.529 bits per heavy atom. The van der Waals surface area contributed by atoms with E-state index in [1.165, 1.54) is 83.5 Å². The highest BCUT2D eigenvalue weighted by atomic mass is 127. The first kappa shape index (κ1) is 79.0. The van der Waals surface area contributed by atoms with Crippen molar-refractivity contribution in [3.05, 3.63) is 140 Å². The lowest BCUT2D eigenvalue weighted by Crippen LogP contribution is -2.18. The number of carbonyl (C=O) groups is 2. The number of ketones is 2. The van der Waals surface area contributed by atoms with E-state index in [4.69, 9.17) is 30.4 Å². The van der Waals surface area contributed by atoms with Crippen LogP contribution in [0.1, 0.15) is 244 Å². The third kappa shape index (κ3) is 19.2. The summed E-state index contributed by atoms with van der Waals surface area (Å²) < 4.78 is 0. The molecule has 0 bridgehead atoms. The summed E-state index contributed by atoms with van der Waals surface area (Å²) in [6.45, 7) is 31.2. The van der Waals surface area contributed by atoms with Gasteiger partial charge in [-0.3, -0.25) is 39.1 Å². The molecular weight excluding hydrogens is 1210 g/mol. The molecule has 0 spiro atoms. The third-order valence-corrected chi connectivity index (χ3v) is 17.0. The molecule has 0 aliphatic heterocycles. The fourth-order valence-corrected chi connectivity index (χ4v) is 11.1. The van der Waals surface area contributed by atoms with E-state index in [9.17, 15) is 9.59 Å². The number of carbonyl (C=O) groups excluding carboxylic acids is 2. The Balaban J connectivity index is 0.000000584. The molecule has 20 heteroatoms. The second kappa shape index (κ2) is 37.1. The second-order valence-corrected chi connectivity index (χ2v) is 21.8. The number of oxime groups is 3. The Kier molecular flexibility index (Phi) is 33.7. The first-order valence-corrected chi connectivity index (χ1v) is 28.6. The van der Waals surface area contributed by atoms with Gasteiger partial charge in [0, 0.05) is 41.3 Å². The zero-order chi connectivity index (χ0) is 59.9. The zero-order valence-corrected chi connectivity index (χ0v) is 54.0. The lowest BCUT2D eigenvalue weighted by atomic mass is 9.89. The number of hydrogen-bond donors (Lipinski definition) is 3. The molecule has 5 aromatic heterocycles. The molecule has 6 N–H and O–H groups in total. The first-order valence-electron chi connectivity index (χ1n) is 28.6. The molecule has 0 saturated heterocycles. The van der Waals surface area contributed by atoms with Crippen LogP contribution in [0.3, 0.4) is 0 Å². The summed E-state index contributed by atoms with van der Waals surface area (Å²) in [7, 11) is 0. The van der Waals surface area contributed by atoms with Crippen molar-refractivity contribution in [1.82, 2.24) is 24.9 Å². The van der Waals surface area contributed by atoms with Crippen LogP contribution in [0.25, 0.3) is 0 Å². The maximum absolute atomic E-state index is 11.6. The van der Waals surface area contributed by atoms with Gasteiger partial charge in [-0.1, -0.05) is 45.2 Å². The van der Waals surface area contributed by atoms with Gasteiger partial charge in [0.05, 0.1) is 17.1 Å².